The van der Waals surface area contributed by atoms with Gasteiger partial charge in [0.1, 0.15) is 0 Å². The molecule has 0 aliphatic heterocycles. The smallest absolute Gasteiger partial charge is 0.207 e. The number of nitrogens with zero attached hydrogens (tertiary/aromatic N) is 2. The fraction of sp³-hybridized carbons (Fsp3) is 0.471. The molecule has 2 aromatic rings. The molecule has 114 valence electrons. The van der Waals surface area contributed by atoms with Crippen LogP contribution in [0.4, 0.5) is 5.95 Å². The molecule has 1 heterocycles. The number of aryl methyl sites for hydroxylation is 3. The molecule has 0 spiro atoms. The number of hydrogen-bond acceptors (Lipinski definition) is 3. The van der Waals surface area contributed by atoms with Crippen LogP contribution >= 0.6 is 0 Å². The van der Waals surface area contributed by atoms with Crippen LogP contribution in [-0.2, 0) is 4.74 Å². The van der Waals surface area contributed by atoms with Crippen LogP contribution in [0.2, 0.25) is 0 Å². The van der Waals surface area contributed by atoms with Gasteiger partial charge in [0.2, 0.25) is 5.95 Å². The van der Waals surface area contributed by atoms with Crippen molar-refractivity contribution in [2.75, 3.05) is 25.1 Å². The van der Waals surface area contributed by atoms with Crippen molar-refractivity contribution in [3.05, 3.63) is 41.2 Å². The largest absolute Gasteiger partial charge is 0.382 e. The van der Waals surface area contributed by atoms with E-state index in [0.29, 0.717) is 0 Å². The highest BCUT2D eigenvalue weighted by molar-refractivity contribution is 5.49. The normalized spacial score (nSPS) is 10.9. The van der Waals surface area contributed by atoms with Crippen molar-refractivity contribution in [2.24, 2.45) is 0 Å². The Hall–Kier alpha value is -1.81. The molecule has 21 heavy (non-hydrogen) atoms. The maximum absolute atomic E-state index is 5.36. The van der Waals surface area contributed by atoms with Gasteiger partial charge in [-0.15, -0.1) is 0 Å². The second-order valence-electron chi connectivity index (χ2n) is 5.34. The molecule has 0 fully saturated rings. The molecule has 4 nitrogen and oxygen atoms in total. The molecule has 0 unspecified atom stereocenters. The molecule has 0 bridgehead atoms. The Morgan fingerprint density at radius 3 is 2.81 bits per heavy atom. The van der Waals surface area contributed by atoms with E-state index in [1.807, 2.05) is 13.8 Å². The van der Waals surface area contributed by atoms with Gasteiger partial charge < -0.3 is 10.1 Å². The summed E-state index contributed by atoms with van der Waals surface area (Å²) in [7, 11) is 0. The predicted molar refractivity (Wildman–Crippen MR) is 87.4 cm³/mol. The van der Waals surface area contributed by atoms with Crippen LogP contribution in [0.15, 0.2) is 24.4 Å². The van der Waals surface area contributed by atoms with Gasteiger partial charge in [-0.3, -0.25) is 4.57 Å². The molecule has 1 aromatic carbocycles. The average molecular weight is 287 g/mol. The molecule has 0 saturated heterocycles. The Morgan fingerprint density at radius 1 is 1.24 bits per heavy atom. The van der Waals surface area contributed by atoms with Gasteiger partial charge in [-0.1, -0.05) is 12.1 Å². The lowest BCUT2D eigenvalue weighted by atomic mass is 10.1. The molecule has 0 radical (unpaired) electrons. The van der Waals surface area contributed by atoms with E-state index < -0.39 is 0 Å². The number of rotatable bonds is 7. The maximum atomic E-state index is 5.36. The molecule has 1 aromatic heterocycles. The zero-order valence-corrected chi connectivity index (χ0v) is 13.4. The Balaban J connectivity index is 2.14. The van der Waals surface area contributed by atoms with Crippen LogP contribution in [0.1, 0.15) is 30.2 Å². The van der Waals surface area contributed by atoms with Crippen LogP contribution < -0.4 is 5.32 Å². The summed E-state index contributed by atoms with van der Waals surface area (Å²) >= 11 is 0. The summed E-state index contributed by atoms with van der Waals surface area (Å²) in [6, 6.07) is 6.48. The van der Waals surface area contributed by atoms with Crippen LogP contribution in [-0.4, -0.2) is 29.3 Å². The second-order valence-corrected chi connectivity index (χ2v) is 5.34. The highest BCUT2D eigenvalue weighted by atomic mass is 16.5. The number of nitrogens with one attached hydrogen (secondary N) is 1. The van der Waals surface area contributed by atoms with Gasteiger partial charge in [0.25, 0.3) is 0 Å². The number of hydrogen-bond donors (Lipinski definition) is 1. The zero-order valence-electron chi connectivity index (χ0n) is 13.4. The summed E-state index contributed by atoms with van der Waals surface area (Å²) in [6.07, 6.45) is 3.05. The van der Waals surface area contributed by atoms with Crippen molar-refractivity contribution in [3.8, 4) is 5.69 Å². The number of benzene rings is 1. The van der Waals surface area contributed by atoms with E-state index in [-0.39, 0.29) is 0 Å². The predicted octanol–water partition coefficient (Wildman–Crippen LogP) is 3.64. The quantitative estimate of drug-likeness (QED) is 0.790. The highest BCUT2D eigenvalue weighted by Crippen LogP contribution is 2.21. The minimum Gasteiger partial charge on any atom is -0.382 e. The summed E-state index contributed by atoms with van der Waals surface area (Å²) in [6.45, 7) is 10.7. The van der Waals surface area contributed by atoms with Gasteiger partial charge in [-0.25, -0.2) is 4.98 Å². The first-order chi connectivity index (χ1) is 10.1. The van der Waals surface area contributed by atoms with Gasteiger partial charge in [-0.05, 0) is 51.3 Å². The van der Waals surface area contributed by atoms with Crippen molar-refractivity contribution >= 4 is 5.95 Å². The topological polar surface area (TPSA) is 39.1 Å². The van der Waals surface area contributed by atoms with Gasteiger partial charge in [0, 0.05) is 26.0 Å². The minimum atomic E-state index is 0.774. The van der Waals surface area contributed by atoms with Crippen molar-refractivity contribution in [1.29, 1.82) is 0 Å². The highest BCUT2D eigenvalue weighted by Gasteiger charge is 2.09. The van der Waals surface area contributed by atoms with Crippen LogP contribution in [0.3, 0.4) is 0 Å². The summed E-state index contributed by atoms with van der Waals surface area (Å²) in [4.78, 5) is 4.59. The lowest BCUT2D eigenvalue weighted by molar-refractivity contribution is 0.147. The minimum absolute atomic E-state index is 0.774. The van der Waals surface area contributed by atoms with E-state index in [2.05, 4.69) is 53.1 Å². The Kier molecular flexibility index (Phi) is 5.39. The van der Waals surface area contributed by atoms with Crippen molar-refractivity contribution in [2.45, 2.75) is 34.1 Å². The van der Waals surface area contributed by atoms with E-state index in [1.165, 1.54) is 16.8 Å². The molecule has 2 rings (SSSR count). The second kappa shape index (κ2) is 7.27. The third-order valence-corrected chi connectivity index (χ3v) is 3.40. The van der Waals surface area contributed by atoms with Gasteiger partial charge in [0.05, 0.1) is 11.4 Å². The van der Waals surface area contributed by atoms with Crippen molar-refractivity contribution in [3.63, 3.8) is 0 Å². The third-order valence-electron chi connectivity index (χ3n) is 3.40. The molecule has 0 atom stereocenters. The van der Waals surface area contributed by atoms with Gasteiger partial charge in [-0.2, -0.15) is 0 Å². The Labute approximate surface area is 127 Å². The van der Waals surface area contributed by atoms with Crippen LogP contribution in [0.5, 0.6) is 0 Å². The number of anilines is 1. The lowest BCUT2D eigenvalue weighted by Crippen LogP contribution is -2.10. The van der Waals surface area contributed by atoms with E-state index in [1.54, 1.807) is 0 Å². The first kappa shape index (κ1) is 15.6. The first-order valence-corrected chi connectivity index (χ1v) is 7.57. The maximum Gasteiger partial charge on any atom is 0.207 e. The van der Waals surface area contributed by atoms with E-state index in [9.17, 15) is 0 Å². The average Bonchev–Trinajstić information content (AvgIpc) is 2.82. The summed E-state index contributed by atoms with van der Waals surface area (Å²) in [5.74, 6) is 0.901. The molecule has 0 aliphatic carbocycles. The monoisotopic (exact) mass is 287 g/mol. The zero-order chi connectivity index (χ0) is 15.2. The number of aromatic nitrogens is 2. The summed E-state index contributed by atoms with van der Waals surface area (Å²) in [5.41, 5.74) is 4.70. The standard InChI is InChI=1S/C17H25N3O/c1-5-21-10-6-9-18-17-19-15(4)12-20(17)16-11-13(2)7-8-14(16)3/h7-8,11-12H,5-6,9-10H2,1-4H3,(H,18,19). The van der Waals surface area contributed by atoms with Gasteiger partial charge >= 0.3 is 0 Å². The first-order valence-electron chi connectivity index (χ1n) is 7.57. The van der Waals surface area contributed by atoms with E-state index in [0.717, 1.165) is 37.8 Å². The van der Waals surface area contributed by atoms with Crippen LogP contribution in [0.25, 0.3) is 5.69 Å². The molecule has 0 amide bonds. The van der Waals surface area contributed by atoms with Crippen LogP contribution in [0, 0.1) is 20.8 Å². The molecular formula is C17H25N3O. The molecule has 0 saturated carbocycles. The third kappa shape index (κ3) is 4.08. The van der Waals surface area contributed by atoms with Gasteiger partial charge in [0.15, 0.2) is 0 Å². The van der Waals surface area contributed by atoms with Crippen molar-refractivity contribution < 1.29 is 4.74 Å². The van der Waals surface area contributed by atoms with Crippen molar-refractivity contribution in [1.82, 2.24) is 9.55 Å². The SMILES string of the molecule is CCOCCCNc1nc(C)cn1-c1cc(C)ccc1C. The fourth-order valence-corrected chi connectivity index (χ4v) is 2.30. The Bertz CT molecular complexity index is 590. The lowest BCUT2D eigenvalue weighted by Gasteiger charge is -2.13. The van der Waals surface area contributed by atoms with E-state index in [4.69, 9.17) is 4.74 Å². The molecular weight excluding hydrogens is 262 g/mol. The summed E-state index contributed by atoms with van der Waals surface area (Å²) in [5, 5.41) is 3.41. The Morgan fingerprint density at radius 2 is 2.05 bits per heavy atom. The molecule has 4 heteroatoms. The number of imidazole rings is 1. The fourth-order valence-electron chi connectivity index (χ4n) is 2.30. The molecule has 0 aliphatic rings. The number of ether oxygens (including phenoxy) is 1. The van der Waals surface area contributed by atoms with E-state index >= 15 is 0 Å². The molecule has 1 N–H and O–H groups in total. The summed E-state index contributed by atoms with van der Waals surface area (Å²) < 4.78 is 7.50.